The first-order valence-corrected chi connectivity index (χ1v) is 8.36. The van der Waals surface area contributed by atoms with E-state index in [1.165, 1.54) is 6.92 Å². The lowest BCUT2D eigenvalue weighted by molar-refractivity contribution is 0.101. The predicted octanol–water partition coefficient (Wildman–Crippen LogP) is 4.57. The molecule has 0 aliphatic carbocycles. The van der Waals surface area contributed by atoms with Gasteiger partial charge in [0.2, 0.25) is 0 Å². The molecule has 3 aromatic rings. The predicted molar refractivity (Wildman–Crippen MR) is 96.7 cm³/mol. The molecular weight excluding hydrogens is 320 g/mol. The quantitative estimate of drug-likeness (QED) is 0.710. The Hall–Kier alpha value is -2.79. The average Bonchev–Trinajstić information content (AvgIpc) is 3.09. The van der Waals surface area contributed by atoms with E-state index in [9.17, 15) is 9.59 Å². The molecule has 4 nitrogen and oxygen atoms in total. The van der Waals surface area contributed by atoms with E-state index in [0.717, 1.165) is 10.6 Å². The Kier molecular flexibility index (Phi) is 4.53. The molecule has 1 N–H and O–H groups in total. The zero-order chi connectivity index (χ0) is 17.1. The summed E-state index contributed by atoms with van der Waals surface area (Å²) in [6.07, 6.45) is 0. The van der Waals surface area contributed by atoms with Crippen molar-refractivity contribution in [1.82, 2.24) is 4.98 Å². The Morgan fingerprint density at radius 2 is 1.92 bits per heavy atom. The number of Topliss-reactive ketones (excluding diaryl/α,β-unsaturated/α-hetero) is 1. The second-order valence-electron chi connectivity index (χ2n) is 5.40. The monoisotopic (exact) mass is 336 g/mol. The number of carbonyl (C=O) groups excluding carboxylic acids is 2. The Morgan fingerprint density at radius 1 is 1.08 bits per heavy atom. The second kappa shape index (κ2) is 6.76. The number of carbonyl (C=O) groups is 2. The largest absolute Gasteiger partial charge is 0.322 e. The van der Waals surface area contributed by atoms with Crippen LogP contribution in [0.5, 0.6) is 0 Å². The number of nitrogens with one attached hydrogen (secondary N) is 1. The lowest BCUT2D eigenvalue weighted by atomic mass is 10.1. The highest BCUT2D eigenvalue weighted by atomic mass is 32.1. The number of nitrogens with zero attached hydrogens (tertiary/aromatic N) is 1. The molecular formula is C19H16N2O2S. The summed E-state index contributed by atoms with van der Waals surface area (Å²) >= 11 is 1.61. The maximum Gasteiger partial charge on any atom is 0.257 e. The van der Waals surface area contributed by atoms with E-state index in [1.807, 2.05) is 30.5 Å². The van der Waals surface area contributed by atoms with Crippen molar-refractivity contribution in [2.75, 3.05) is 5.32 Å². The molecule has 1 aromatic carbocycles. The van der Waals surface area contributed by atoms with Crippen LogP contribution < -0.4 is 5.32 Å². The van der Waals surface area contributed by atoms with Crippen LogP contribution in [0.1, 0.15) is 33.3 Å². The van der Waals surface area contributed by atoms with E-state index in [2.05, 4.69) is 10.3 Å². The summed E-state index contributed by atoms with van der Waals surface area (Å²) in [6, 6.07) is 14.5. The average molecular weight is 336 g/mol. The molecule has 0 fully saturated rings. The van der Waals surface area contributed by atoms with E-state index in [-0.39, 0.29) is 11.7 Å². The molecule has 120 valence electrons. The number of thiophene rings is 1. The number of rotatable bonds is 4. The van der Waals surface area contributed by atoms with Crippen LogP contribution in [-0.4, -0.2) is 16.7 Å². The summed E-state index contributed by atoms with van der Waals surface area (Å²) in [4.78, 5) is 29.5. The third-order valence-corrected chi connectivity index (χ3v) is 4.52. The van der Waals surface area contributed by atoms with Gasteiger partial charge in [0.15, 0.2) is 5.78 Å². The number of aromatic nitrogens is 1. The molecule has 0 saturated carbocycles. The van der Waals surface area contributed by atoms with Crippen LogP contribution in [0, 0.1) is 6.92 Å². The summed E-state index contributed by atoms with van der Waals surface area (Å²) in [7, 11) is 0. The van der Waals surface area contributed by atoms with Crippen molar-refractivity contribution >= 4 is 28.7 Å². The molecule has 0 aliphatic rings. The first kappa shape index (κ1) is 16.1. The zero-order valence-electron chi connectivity index (χ0n) is 13.4. The van der Waals surface area contributed by atoms with Crippen LogP contribution >= 0.6 is 11.3 Å². The third-order valence-electron chi connectivity index (χ3n) is 3.63. The molecule has 0 bridgehead atoms. The smallest absolute Gasteiger partial charge is 0.257 e. The van der Waals surface area contributed by atoms with Gasteiger partial charge in [0.1, 0.15) is 0 Å². The summed E-state index contributed by atoms with van der Waals surface area (Å²) in [5.41, 5.74) is 3.20. The van der Waals surface area contributed by atoms with Gasteiger partial charge in [0, 0.05) is 11.3 Å². The molecule has 1 amide bonds. The standard InChI is InChI=1S/C19H16N2O2S/c1-12-16(8-9-17(20-12)18-7-4-10-24-18)19(23)21-15-6-3-5-14(11-15)13(2)22/h3-11H,1-2H3,(H,21,23). The normalized spacial score (nSPS) is 10.4. The number of pyridine rings is 1. The SMILES string of the molecule is CC(=O)c1cccc(NC(=O)c2ccc(-c3cccs3)nc2C)c1. The van der Waals surface area contributed by atoms with Crippen molar-refractivity contribution in [1.29, 1.82) is 0 Å². The van der Waals surface area contributed by atoms with Crippen LogP contribution in [0.3, 0.4) is 0 Å². The molecule has 0 spiro atoms. The highest BCUT2D eigenvalue weighted by Gasteiger charge is 2.12. The Morgan fingerprint density at radius 3 is 2.58 bits per heavy atom. The fourth-order valence-corrected chi connectivity index (χ4v) is 3.07. The van der Waals surface area contributed by atoms with E-state index in [1.54, 1.807) is 41.7 Å². The van der Waals surface area contributed by atoms with Crippen LogP contribution in [-0.2, 0) is 0 Å². The topological polar surface area (TPSA) is 59.1 Å². The lowest BCUT2D eigenvalue weighted by Crippen LogP contribution is -2.14. The zero-order valence-corrected chi connectivity index (χ0v) is 14.2. The molecule has 0 unspecified atom stereocenters. The van der Waals surface area contributed by atoms with Gasteiger partial charge in [0.05, 0.1) is 21.8 Å². The third kappa shape index (κ3) is 3.41. The van der Waals surface area contributed by atoms with Crippen LogP contribution in [0.2, 0.25) is 0 Å². The highest BCUT2D eigenvalue weighted by Crippen LogP contribution is 2.24. The Balaban J connectivity index is 1.83. The van der Waals surface area contributed by atoms with Gasteiger partial charge in [-0.05, 0) is 49.6 Å². The molecule has 5 heteroatoms. The van der Waals surface area contributed by atoms with Gasteiger partial charge in [-0.15, -0.1) is 11.3 Å². The van der Waals surface area contributed by atoms with Gasteiger partial charge in [-0.25, -0.2) is 0 Å². The van der Waals surface area contributed by atoms with Gasteiger partial charge in [0.25, 0.3) is 5.91 Å². The molecule has 0 atom stereocenters. The second-order valence-corrected chi connectivity index (χ2v) is 6.35. The van der Waals surface area contributed by atoms with Crippen LogP contribution in [0.4, 0.5) is 5.69 Å². The maximum absolute atomic E-state index is 12.5. The summed E-state index contributed by atoms with van der Waals surface area (Å²) < 4.78 is 0. The minimum Gasteiger partial charge on any atom is -0.322 e. The van der Waals surface area contributed by atoms with E-state index in [0.29, 0.717) is 22.5 Å². The fourth-order valence-electron chi connectivity index (χ4n) is 2.38. The molecule has 2 aromatic heterocycles. The van der Waals surface area contributed by atoms with Gasteiger partial charge in [-0.1, -0.05) is 18.2 Å². The van der Waals surface area contributed by atoms with Gasteiger partial charge in [-0.2, -0.15) is 0 Å². The lowest BCUT2D eigenvalue weighted by Gasteiger charge is -2.09. The van der Waals surface area contributed by atoms with Gasteiger partial charge >= 0.3 is 0 Å². The van der Waals surface area contributed by atoms with Crippen molar-refractivity contribution < 1.29 is 9.59 Å². The van der Waals surface area contributed by atoms with Crippen molar-refractivity contribution in [3.63, 3.8) is 0 Å². The molecule has 3 rings (SSSR count). The first-order valence-electron chi connectivity index (χ1n) is 7.48. The molecule has 0 saturated heterocycles. The number of hydrogen-bond acceptors (Lipinski definition) is 4. The first-order chi connectivity index (χ1) is 11.5. The van der Waals surface area contributed by atoms with Crippen molar-refractivity contribution in [2.45, 2.75) is 13.8 Å². The minimum atomic E-state index is -0.238. The molecule has 24 heavy (non-hydrogen) atoms. The Labute approximate surface area is 144 Å². The van der Waals surface area contributed by atoms with Crippen molar-refractivity contribution in [2.24, 2.45) is 0 Å². The maximum atomic E-state index is 12.5. The molecule has 2 heterocycles. The van der Waals surface area contributed by atoms with E-state index in [4.69, 9.17) is 0 Å². The fraction of sp³-hybridized carbons (Fsp3) is 0.105. The summed E-state index contributed by atoms with van der Waals surface area (Å²) in [6.45, 7) is 3.32. The van der Waals surface area contributed by atoms with Gasteiger partial charge < -0.3 is 5.32 Å². The number of benzene rings is 1. The van der Waals surface area contributed by atoms with Gasteiger partial charge in [-0.3, -0.25) is 14.6 Å². The van der Waals surface area contributed by atoms with E-state index >= 15 is 0 Å². The number of anilines is 1. The Bertz CT molecular complexity index is 901. The number of amides is 1. The number of ketones is 1. The van der Waals surface area contributed by atoms with Crippen LogP contribution in [0.25, 0.3) is 10.6 Å². The molecule has 0 radical (unpaired) electrons. The minimum absolute atomic E-state index is 0.0377. The summed E-state index contributed by atoms with van der Waals surface area (Å²) in [5.74, 6) is -0.275. The molecule has 0 aliphatic heterocycles. The highest BCUT2D eigenvalue weighted by molar-refractivity contribution is 7.13. The van der Waals surface area contributed by atoms with Crippen molar-refractivity contribution in [3.8, 4) is 10.6 Å². The number of aryl methyl sites for hydroxylation is 1. The van der Waals surface area contributed by atoms with E-state index < -0.39 is 0 Å². The van der Waals surface area contributed by atoms with Crippen LogP contribution in [0.15, 0.2) is 53.9 Å². The summed E-state index contributed by atoms with van der Waals surface area (Å²) in [5, 5.41) is 4.82. The number of hydrogen-bond donors (Lipinski definition) is 1. The van der Waals surface area contributed by atoms with Crippen molar-refractivity contribution in [3.05, 3.63) is 70.7 Å².